The van der Waals surface area contributed by atoms with E-state index in [9.17, 15) is 14.4 Å². The fourth-order valence-corrected chi connectivity index (χ4v) is 1.94. The van der Waals surface area contributed by atoms with Gasteiger partial charge in [-0.2, -0.15) is 0 Å². The minimum absolute atomic E-state index is 0.0987. The molecule has 1 heterocycles. The molecule has 1 saturated heterocycles. The lowest BCUT2D eigenvalue weighted by molar-refractivity contribution is -0.142. The van der Waals surface area contributed by atoms with Crippen LogP contribution in [0.1, 0.15) is 32.6 Å². The number of primary amides is 1. The van der Waals surface area contributed by atoms with Gasteiger partial charge in [-0.05, 0) is 19.3 Å². The molecule has 6 heteroatoms. The lowest BCUT2D eigenvalue weighted by Gasteiger charge is -2.22. The van der Waals surface area contributed by atoms with E-state index in [-0.39, 0.29) is 24.9 Å². The molecule has 1 atom stereocenters. The summed E-state index contributed by atoms with van der Waals surface area (Å²) in [5.74, 6) is -0.900. The first-order valence-electron chi connectivity index (χ1n) is 5.74. The van der Waals surface area contributed by atoms with Gasteiger partial charge in [-0.15, -0.1) is 0 Å². The average molecular weight is 242 g/mol. The van der Waals surface area contributed by atoms with Gasteiger partial charge in [-0.25, -0.2) is 0 Å². The molecular formula is C11H18N2O4. The molecule has 0 bridgehead atoms. The third-order valence-electron chi connectivity index (χ3n) is 2.74. The van der Waals surface area contributed by atoms with Crippen LogP contribution >= 0.6 is 0 Å². The van der Waals surface area contributed by atoms with Crippen molar-refractivity contribution in [2.45, 2.75) is 38.6 Å². The zero-order valence-corrected chi connectivity index (χ0v) is 9.98. The van der Waals surface area contributed by atoms with Crippen molar-refractivity contribution in [3.8, 4) is 0 Å². The smallest absolute Gasteiger partial charge is 0.302 e. The van der Waals surface area contributed by atoms with Gasteiger partial charge >= 0.3 is 5.97 Å². The number of carbonyl (C=O) groups is 3. The number of likely N-dealkylation sites (tertiary alicyclic amines) is 1. The van der Waals surface area contributed by atoms with Crippen LogP contribution in [0.15, 0.2) is 0 Å². The Labute approximate surface area is 100 Å². The van der Waals surface area contributed by atoms with E-state index in [2.05, 4.69) is 0 Å². The van der Waals surface area contributed by atoms with E-state index in [1.165, 1.54) is 11.8 Å². The molecule has 1 aliphatic rings. The molecule has 0 radical (unpaired) electrons. The number of esters is 1. The number of hydrogen-bond donors (Lipinski definition) is 1. The molecular weight excluding hydrogens is 224 g/mol. The normalized spacial score (nSPS) is 19.1. The van der Waals surface area contributed by atoms with Crippen LogP contribution in [0.4, 0.5) is 0 Å². The van der Waals surface area contributed by atoms with Gasteiger partial charge in [0.1, 0.15) is 6.04 Å². The van der Waals surface area contributed by atoms with Crippen molar-refractivity contribution >= 4 is 17.8 Å². The van der Waals surface area contributed by atoms with Crippen LogP contribution in [0, 0.1) is 0 Å². The number of amides is 2. The van der Waals surface area contributed by atoms with Gasteiger partial charge in [-0.3, -0.25) is 14.4 Å². The van der Waals surface area contributed by atoms with Crippen LogP contribution in [-0.2, 0) is 19.1 Å². The number of ether oxygens (including phenoxy) is 1. The van der Waals surface area contributed by atoms with Crippen LogP contribution in [0.2, 0.25) is 0 Å². The van der Waals surface area contributed by atoms with Crippen LogP contribution in [-0.4, -0.2) is 41.9 Å². The number of nitrogens with two attached hydrogens (primary N) is 1. The highest BCUT2D eigenvalue weighted by Gasteiger charge is 2.31. The first-order chi connectivity index (χ1) is 8.02. The number of nitrogens with zero attached hydrogens (tertiary/aromatic N) is 1. The molecule has 6 nitrogen and oxygen atoms in total. The maximum Gasteiger partial charge on any atom is 0.302 e. The molecule has 96 valence electrons. The second-order valence-corrected chi connectivity index (χ2v) is 4.09. The van der Waals surface area contributed by atoms with Crippen LogP contribution < -0.4 is 5.73 Å². The number of carbonyl (C=O) groups excluding carboxylic acids is 3. The second-order valence-electron chi connectivity index (χ2n) is 4.09. The van der Waals surface area contributed by atoms with E-state index >= 15 is 0 Å². The fourth-order valence-electron chi connectivity index (χ4n) is 1.94. The molecule has 1 fully saturated rings. The van der Waals surface area contributed by atoms with Crippen molar-refractivity contribution in [1.82, 2.24) is 4.90 Å². The Bertz CT molecular complexity index is 317. The number of hydrogen-bond acceptors (Lipinski definition) is 4. The average Bonchev–Trinajstić information content (AvgIpc) is 2.72. The lowest BCUT2D eigenvalue weighted by atomic mass is 10.2. The highest BCUT2D eigenvalue weighted by Crippen LogP contribution is 2.18. The highest BCUT2D eigenvalue weighted by molar-refractivity contribution is 5.87. The standard InChI is InChI=1S/C11H18N2O4/c1-8(14)17-7-3-5-10(15)13-6-2-4-9(13)11(12)16/h9H,2-7H2,1H3,(H2,12,16)/t9-/m0/s1. The summed E-state index contributed by atoms with van der Waals surface area (Å²) in [6.45, 7) is 2.14. The first-order valence-corrected chi connectivity index (χ1v) is 5.74. The van der Waals surface area contributed by atoms with E-state index in [0.29, 0.717) is 19.4 Å². The molecule has 2 amide bonds. The third-order valence-corrected chi connectivity index (χ3v) is 2.74. The van der Waals surface area contributed by atoms with E-state index in [0.717, 1.165) is 6.42 Å². The van der Waals surface area contributed by atoms with Crippen LogP contribution in [0.5, 0.6) is 0 Å². The van der Waals surface area contributed by atoms with E-state index in [1.807, 2.05) is 0 Å². The van der Waals surface area contributed by atoms with Crippen molar-refractivity contribution in [1.29, 1.82) is 0 Å². The zero-order chi connectivity index (χ0) is 12.8. The van der Waals surface area contributed by atoms with Crippen LogP contribution in [0.25, 0.3) is 0 Å². The largest absolute Gasteiger partial charge is 0.466 e. The highest BCUT2D eigenvalue weighted by atomic mass is 16.5. The summed E-state index contributed by atoms with van der Waals surface area (Å²) in [4.78, 5) is 34.9. The summed E-state index contributed by atoms with van der Waals surface area (Å²) < 4.78 is 4.73. The summed E-state index contributed by atoms with van der Waals surface area (Å²) in [6, 6.07) is -0.462. The van der Waals surface area contributed by atoms with Crippen molar-refractivity contribution in [2.24, 2.45) is 5.73 Å². The van der Waals surface area contributed by atoms with Gasteiger partial charge in [-0.1, -0.05) is 0 Å². The molecule has 17 heavy (non-hydrogen) atoms. The fraction of sp³-hybridized carbons (Fsp3) is 0.727. The Balaban J connectivity index is 2.32. The summed E-state index contributed by atoms with van der Waals surface area (Å²) >= 11 is 0. The first kappa shape index (κ1) is 13.5. The Morgan fingerprint density at radius 2 is 2.12 bits per heavy atom. The molecule has 2 N–H and O–H groups in total. The van der Waals surface area contributed by atoms with E-state index in [4.69, 9.17) is 10.5 Å². The molecule has 0 aromatic rings. The van der Waals surface area contributed by atoms with Gasteiger partial charge in [0.25, 0.3) is 0 Å². The second kappa shape index (κ2) is 6.22. The predicted molar refractivity (Wildman–Crippen MR) is 59.8 cm³/mol. The molecule has 0 aliphatic carbocycles. The summed E-state index contributed by atoms with van der Waals surface area (Å²) in [5, 5.41) is 0. The minimum atomic E-state index is -0.462. The molecule has 0 aromatic heterocycles. The minimum Gasteiger partial charge on any atom is -0.466 e. The third kappa shape index (κ3) is 4.05. The lowest BCUT2D eigenvalue weighted by Crippen LogP contribution is -2.43. The monoisotopic (exact) mass is 242 g/mol. The summed E-state index contributed by atoms with van der Waals surface area (Å²) in [5.41, 5.74) is 5.22. The zero-order valence-electron chi connectivity index (χ0n) is 9.98. The Morgan fingerprint density at radius 1 is 1.41 bits per heavy atom. The summed E-state index contributed by atoms with van der Waals surface area (Å²) in [6.07, 6.45) is 2.20. The quantitative estimate of drug-likeness (QED) is 0.534. The Kier molecular flexibility index (Phi) is 4.93. The molecule has 0 spiro atoms. The predicted octanol–water partition coefficient (Wildman–Crippen LogP) is -0.194. The van der Waals surface area contributed by atoms with Gasteiger partial charge in [0.05, 0.1) is 6.61 Å². The van der Waals surface area contributed by atoms with Crippen molar-refractivity contribution in [3.63, 3.8) is 0 Å². The Morgan fingerprint density at radius 3 is 2.71 bits per heavy atom. The van der Waals surface area contributed by atoms with E-state index in [1.54, 1.807) is 0 Å². The van der Waals surface area contributed by atoms with Crippen LogP contribution in [0.3, 0.4) is 0 Å². The summed E-state index contributed by atoms with van der Waals surface area (Å²) in [7, 11) is 0. The van der Waals surface area contributed by atoms with Gasteiger partial charge in [0.15, 0.2) is 0 Å². The topological polar surface area (TPSA) is 89.7 Å². The molecule has 0 aromatic carbocycles. The van der Waals surface area contributed by atoms with Gasteiger partial charge < -0.3 is 15.4 Å². The maximum atomic E-state index is 11.8. The van der Waals surface area contributed by atoms with Gasteiger partial charge in [0.2, 0.25) is 11.8 Å². The Hall–Kier alpha value is -1.59. The molecule has 1 aliphatic heterocycles. The van der Waals surface area contributed by atoms with E-state index < -0.39 is 11.9 Å². The molecule has 1 rings (SSSR count). The maximum absolute atomic E-state index is 11.8. The molecule has 0 unspecified atom stereocenters. The van der Waals surface area contributed by atoms with Gasteiger partial charge in [0, 0.05) is 19.9 Å². The van der Waals surface area contributed by atoms with Crippen molar-refractivity contribution < 1.29 is 19.1 Å². The number of rotatable bonds is 5. The van der Waals surface area contributed by atoms with Crippen molar-refractivity contribution in [3.05, 3.63) is 0 Å². The van der Waals surface area contributed by atoms with Crippen molar-refractivity contribution in [2.75, 3.05) is 13.2 Å². The molecule has 0 saturated carbocycles. The SMILES string of the molecule is CC(=O)OCCCC(=O)N1CCC[C@H]1C(N)=O.